The number of amides is 1. The standard InChI is InChI=1S/C27H23FN4O8/c1-36-23-20(11-19-12-22(31-40-19)15-3-7-17(28)8-4-15)21(24(37-2)26-25(23)38-14-39-26)13-29-30-27(33)16-5-9-18(10-6-16)32(34)35/h3-10,13,19H,11-12,14H2,1-2H3,(H,30,33)/b29-13+. The van der Waals surface area contributed by atoms with Gasteiger partial charge in [-0.05, 0) is 29.8 Å². The molecule has 0 spiro atoms. The number of carbonyl (C=O) groups excluding carboxylic acids is 1. The third-order valence-corrected chi connectivity index (χ3v) is 6.32. The second-order valence-electron chi connectivity index (χ2n) is 8.71. The maximum absolute atomic E-state index is 13.4. The maximum Gasteiger partial charge on any atom is 0.271 e. The Labute approximate surface area is 227 Å². The minimum Gasteiger partial charge on any atom is -0.492 e. The number of nitro groups is 1. The molecule has 2 aliphatic heterocycles. The van der Waals surface area contributed by atoms with Gasteiger partial charge < -0.3 is 23.8 Å². The van der Waals surface area contributed by atoms with Crippen molar-refractivity contribution in [1.82, 2.24) is 5.43 Å². The molecule has 0 bridgehead atoms. The van der Waals surface area contributed by atoms with Crippen molar-refractivity contribution in [3.63, 3.8) is 0 Å². The lowest BCUT2D eigenvalue weighted by Gasteiger charge is -2.19. The van der Waals surface area contributed by atoms with E-state index in [9.17, 15) is 19.3 Å². The molecule has 5 rings (SSSR count). The molecule has 0 aliphatic carbocycles. The molecule has 3 aromatic carbocycles. The van der Waals surface area contributed by atoms with Gasteiger partial charge in [0.1, 0.15) is 11.9 Å². The zero-order chi connectivity index (χ0) is 28.2. The van der Waals surface area contributed by atoms with Gasteiger partial charge in [0, 0.05) is 41.7 Å². The molecule has 2 heterocycles. The predicted molar refractivity (Wildman–Crippen MR) is 140 cm³/mol. The van der Waals surface area contributed by atoms with Crippen LogP contribution in [-0.4, -0.2) is 49.9 Å². The fourth-order valence-electron chi connectivity index (χ4n) is 4.43. The van der Waals surface area contributed by atoms with Gasteiger partial charge in [0.05, 0.1) is 31.1 Å². The Morgan fingerprint density at radius 3 is 2.45 bits per heavy atom. The monoisotopic (exact) mass is 550 g/mol. The van der Waals surface area contributed by atoms with Gasteiger partial charge in [-0.3, -0.25) is 14.9 Å². The minimum absolute atomic E-state index is 0.0449. The molecule has 1 amide bonds. The molecule has 0 fully saturated rings. The molecule has 0 radical (unpaired) electrons. The quantitative estimate of drug-likeness (QED) is 0.239. The van der Waals surface area contributed by atoms with Crippen LogP contribution in [0.5, 0.6) is 23.0 Å². The Bertz CT molecular complexity index is 1510. The van der Waals surface area contributed by atoms with E-state index in [0.29, 0.717) is 52.7 Å². The molecule has 0 saturated carbocycles. The van der Waals surface area contributed by atoms with Crippen molar-refractivity contribution in [3.8, 4) is 23.0 Å². The number of hydrogen-bond donors (Lipinski definition) is 1. The number of hydrazone groups is 1. The van der Waals surface area contributed by atoms with Crippen molar-refractivity contribution >= 4 is 23.5 Å². The van der Waals surface area contributed by atoms with Crippen LogP contribution in [-0.2, 0) is 11.3 Å². The largest absolute Gasteiger partial charge is 0.492 e. The Kier molecular flexibility index (Phi) is 7.44. The summed E-state index contributed by atoms with van der Waals surface area (Å²) in [5, 5.41) is 19.2. The summed E-state index contributed by atoms with van der Waals surface area (Å²) in [4.78, 5) is 28.6. The zero-order valence-corrected chi connectivity index (χ0v) is 21.4. The molecule has 0 saturated heterocycles. The number of nitrogens with zero attached hydrogens (tertiary/aromatic N) is 3. The first-order valence-corrected chi connectivity index (χ1v) is 12.0. The van der Waals surface area contributed by atoms with E-state index in [-0.39, 0.29) is 23.9 Å². The molecule has 12 nitrogen and oxygen atoms in total. The van der Waals surface area contributed by atoms with E-state index in [4.69, 9.17) is 23.8 Å². The summed E-state index contributed by atoms with van der Waals surface area (Å²) < 4.78 is 36.0. The molecule has 2 aliphatic rings. The van der Waals surface area contributed by atoms with Crippen LogP contribution in [0.25, 0.3) is 0 Å². The molecular formula is C27H23FN4O8. The first-order valence-electron chi connectivity index (χ1n) is 12.0. The molecule has 40 heavy (non-hydrogen) atoms. The first kappa shape index (κ1) is 26.4. The number of carbonyl (C=O) groups is 1. The van der Waals surface area contributed by atoms with Gasteiger partial charge in [-0.15, -0.1) is 0 Å². The molecular weight excluding hydrogens is 527 g/mol. The lowest BCUT2D eigenvalue weighted by Crippen LogP contribution is -2.18. The second-order valence-corrected chi connectivity index (χ2v) is 8.71. The van der Waals surface area contributed by atoms with Gasteiger partial charge in [0.2, 0.25) is 18.3 Å². The van der Waals surface area contributed by atoms with E-state index in [2.05, 4.69) is 15.7 Å². The van der Waals surface area contributed by atoms with Gasteiger partial charge in [-0.25, -0.2) is 9.82 Å². The summed E-state index contributed by atoms with van der Waals surface area (Å²) in [6.45, 7) is -0.0449. The van der Waals surface area contributed by atoms with E-state index in [1.165, 1.54) is 56.8 Å². The van der Waals surface area contributed by atoms with E-state index in [1.54, 1.807) is 12.1 Å². The van der Waals surface area contributed by atoms with Crippen molar-refractivity contribution in [2.75, 3.05) is 21.0 Å². The van der Waals surface area contributed by atoms with Crippen molar-refractivity contribution in [2.45, 2.75) is 18.9 Å². The molecule has 1 atom stereocenters. The Balaban J connectivity index is 1.42. The topological polar surface area (TPSA) is 143 Å². The number of oxime groups is 1. The molecule has 206 valence electrons. The van der Waals surface area contributed by atoms with Crippen LogP contribution in [0.3, 0.4) is 0 Å². The molecule has 13 heteroatoms. The molecule has 0 aromatic heterocycles. The maximum atomic E-state index is 13.4. The number of ether oxygens (including phenoxy) is 4. The van der Waals surface area contributed by atoms with Crippen LogP contribution >= 0.6 is 0 Å². The van der Waals surface area contributed by atoms with Crippen molar-refractivity contribution < 1.29 is 37.9 Å². The fourth-order valence-corrected chi connectivity index (χ4v) is 4.43. The van der Waals surface area contributed by atoms with Crippen LogP contribution in [0.4, 0.5) is 10.1 Å². The lowest BCUT2D eigenvalue weighted by molar-refractivity contribution is -0.384. The summed E-state index contributed by atoms with van der Waals surface area (Å²) in [6, 6.07) is 11.1. The minimum atomic E-state index is -0.573. The molecule has 1 N–H and O–H groups in total. The van der Waals surface area contributed by atoms with Gasteiger partial charge in [0.25, 0.3) is 11.6 Å². The normalized spacial score (nSPS) is 15.5. The van der Waals surface area contributed by atoms with Crippen LogP contribution in [0.2, 0.25) is 0 Å². The average Bonchev–Trinajstić information content (AvgIpc) is 3.64. The van der Waals surface area contributed by atoms with Crippen LogP contribution in [0, 0.1) is 15.9 Å². The number of halogens is 1. The SMILES string of the molecule is COc1c(/C=N/NC(=O)c2ccc([N+](=O)[O-])cc2)c(CC2CC(c3ccc(F)cc3)=NO2)c(OC)c2c1OCO2. The fraction of sp³-hybridized carbons (Fsp3) is 0.222. The van der Waals surface area contributed by atoms with Crippen LogP contribution < -0.4 is 24.4 Å². The Hall–Kier alpha value is -5.20. The number of nitro benzene ring substituents is 1. The number of non-ortho nitro benzene ring substituents is 1. The van der Waals surface area contributed by atoms with E-state index >= 15 is 0 Å². The van der Waals surface area contributed by atoms with Gasteiger partial charge >= 0.3 is 0 Å². The summed E-state index contributed by atoms with van der Waals surface area (Å²) in [5.41, 5.74) is 4.93. The number of fused-ring (bicyclic) bond motifs is 1. The average molecular weight is 550 g/mol. The first-order chi connectivity index (χ1) is 19.4. The molecule has 3 aromatic rings. The van der Waals surface area contributed by atoms with E-state index in [1.807, 2.05) is 0 Å². The predicted octanol–water partition coefficient (Wildman–Crippen LogP) is 3.98. The Morgan fingerprint density at radius 2 is 1.80 bits per heavy atom. The van der Waals surface area contributed by atoms with Crippen molar-refractivity contribution in [3.05, 3.63) is 86.7 Å². The van der Waals surface area contributed by atoms with Crippen molar-refractivity contribution in [1.29, 1.82) is 0 Å². The van der Waals surface area contributed by atoms with Crippen molar-refractivity contribution in [2.24, 2.45) is 10.3 Å². The highest BCUT2D eigenvalue weighted by atomic mass is 19.1. The third-order valence-electron chi connectivity index (χ3n) is 6.32. The number of rotatable bonds is 9. The number of methoxy groups -OCH3 is 2. The zero-order valence-electron chi connectivity index (χ0n) is 21.4. The summed E-state index contributed by atoms with van der Waals surface area (Å²) in [5.74, 6) is 0.461. The third kappa shape index (κ3) is 5.21. The highest BCUT2D eigenvalue weighted by Gasteiger charge is 2.34. The van der Waals surface area contributed by atoms with E-state index in [0.717, 1.165) is 5.56 Å². The molecule has 1 unspecified atom stereocenters. The van der Waals surface area contributed by atoms with Gasteiger partial charge in [0.15, 0.2) is 11.5 Å². The highest BCUT2D eigenvalue weighted by molar-refractivity contribution is 6.01. The summed E-state index contributed by atoms with van der Waals surface area (Å²) >= 11 is 0. The smallest absolute Gasteiger partial charge is 0.271 e. The number of nitrogens with one attached hydrogen (secondary N) is 1. The Morgan fingerprint density at radius 1 is 1.12 bits per heavy atom. The summed E-state index contributed by atoms with van der Waals surface area (Å²) in [7, 11) is 2.95. The van der Waals surface area contributed by atoms with E-state index < -0.39 is 16.9 Å². The number of benzene rings is 3. The summed E-state index contributed by atoms with van der Waals surface area (Å²) in [6.07, 6.45) is 1.72. The van der Waals surface area contributed by atoms with Crippen LogP contribution in [0.15, 0.2) is 58.8 Å². The van der Waals surface area contributed by atoms with Gasteiger partial charge in [-0.2, -0.15) is 5.10 Å². The second kappa shape index (κ2) is 11.3. The van der Waals surface area contributed by atoms with Crippen LogP contribution in [0.1, 0.15) is 33.5 Å². The highest BCUT2D eigenvalue weighted by Crippen LogP contribution is 2.52. The lowest BCUT2D eigenvalue weighted by atomic mass is 9.95. The van der Waals surface area contributed by atoms with Gasteiger partial charge in [-0.1, -0.05) is 17.3 Å². The number of hydrogen-bond acceptors (Lipinski definition) is 10.